The lowest BCUT2D eigenvalue weighted by Crippen LogP contribution is -2.42. The number of halogens is 2. The number of nitrogens with one attached hydrogen (secondary N) is 1. The molecule has 33 heavy (non-hydrogen) atoms. The number of carbonyl (C=O) groups is 2. The van der Waals surface area contributed by atoms with Gasteiger partial charge in [0, 0.05) is 18.0 Å². The molecule has 0 saturated heterocycles. The Kier molecular flexibility index (Phi) is 7.59. The summed E-state index contributed by atoms with van der Waals surface area (Å²) in [6, 6.07) is 19.9. The third kappa shape index (κ3) is 6.48. The summed E-state index contributed by atoms with van der Waals surface area (Å²) >= 11 is 0. The Balaban J connectivity index is 1.87. The first-order valence-electron chi connectivity index (χ1n) is 10.7. The number of rotatable bonds is 7. The highest BCUT2D eigenvalue weighted by atomic mass is 19.1. The molecule has 0 aromatic heterocycles. The molecule has 2 unspecified atom stereocenters. The zero-order chi connectivity index (χ0) is 24.0. The minimum absolute atomic E-state index is 0.193. The number of hydrogen-bond donors (Lipinski definition) is 1. The van der Waals surface area contributed by atoms with E-state index in [4.69, 9.17) is 4.74 Å². The first kappa shape index (κ1) is 24.1. The zero-order valence-electron chi connectivity index (χ0n) is 18.8. The van der Waals surface area contributed by atoms with Gasteiger partial charge < -0.3 is 10.1 Å². The molecule has 3 rings (SSSR count). The molecule has 2 atom stereocenters. The minimum Gasteiger partial charge on any atom is -0.457 e. The third-order valence-electron chi connectivity index (χ3n) is 5.35. The predicted octanol–water partition coefficient (Wildman–Crippen LogP) is 5.75. The van der Waals surface area contributed by atoms with E-state index >= 15 is 0 Å². The molecule has 0 heterocycles. The summed E-state index contributed by atoms with van der Waals surface area (Å²) in [5.41, 5.74) is 0.993. The first-order chi connectivity index (χ1) is 15.6. The van der Waals surface area contributed by atoms with E-state index in [1.165, 1.54) is 48.5 Å². The summed E-state index contributed by atoms with van der Waals surface area (Å²) in [6.07, 6.45) is -0.606. The van der Waals surface area contributed by atoms with E-state index in [-0.39, 0.29) is 23.9 Å². The van der Waals surface area contributed by atoms with Gasteiger partial charge in [0.1, 0.15) is 17.7 Å². The van der Waals surface area contributed by atoms with E-state index in [9.17, 15) is 18.4 Å². The van der Waals surface area contributed by atoms with Crippen molar-refractivity contribution in [3.8, 4) is 0 Å². The largest absolute Gasteiger partial charge is 0.457 e. The van der Waals surface area contributed by atoms with Gasteiger partial charge in [0.2, 0.25) is 0 Å². The van der Waals surface area contributed by atoms with Crippen LogP contribution in [0.3, 0.4) is 0 Å². The van der Waals surface area contributed by atoms with Crippen LogP contribution in [0.2, 0.25) is 0 Å². The topological polar surface area (TPSA) is 55.4 Å². The molecule has 0 bridgehead atoms. The zero-order valence-corrected chi connectivity index (χ0v) is 18.8. The van der Waals surface area contributed by atoms with Crippen molar-refractivity contribution in [2.24, 2.45) is 5.41 Å². The molecule has 0 fully saturated rings. The Bertz CT molecular complexity index is 1080. The number of hydrogen-bond acceptors (Lipinski definition) is 3. The average molecular weight is 452 g/mol. The second-order valence-corrected chi connectivity index (χ2v) is 8.93. The van der Waals surface area contributed by atoms with Crippen LogP contribution in [0.4, 0.5) is 8.78 Å². The standard InChI is InChI=1S/C27H27F2NO3/c1-27(2,3)24(33-26(32)20-11-15-22(29)16-12-20)23(18-7-5-4-6-8-18)17-30-25(31)19-9-13-21(28)14-10-19/h4-16,23-24H,17H2,1-3H3,(H,30,31). The third-order valence-corrected chi connectivity index (χ3v) is 5.35. The lowest BCUT2D eigenvalue weighted by Gasteiger charge is -2.37. The van der Waals surface area contributed by atoms with Crippen LogP contribution in [0, 0.1) is 17.0 Å². The number of esters is 1. The first-order valence-corrected chi connectivity index (χ1v) is 10.7. The highest BCUT2D eigenvalue weighted by Gasteiger charge is 2.37. The SMILES string of the molecule is CC(C)(C)C(OC(=O)c1ccc(F)cc1)C(CNC(=O)c1ccc(F)cc1)c1ccccc1. The normalized spacial score (nSPS) is 13.1. The van der Waals surface area contributed by atoms with Gasteiger partial charge in [0.15, 0.2) is 0 Å². The Morgan fingerprint density at radius 2 is 1.33 bits per heavy atom. The van der Waals surface area contributed by atoms with E-state index in [2.05, 4.69) is 5.32 Å². The second-order valence-electron chi connectivity index (χ2n) is 8.93. The summed E-state index contributed by atoms with van der Waals surface area (Å²) in [7, 11) is 0. The highest BCUT2D eigenvalue weighted by molar-refractivity contribution is 5.94. The van der Waals surface area contributed by atoms with E-state index in [1.54, 1.807) is 0 Å². The monoisotopic (exact) mass is 451 g/mol. The summed E-state index contributed by atoms with van der Waals surface area (Å²) in [5, 5.41) is 2.89. The van der Waals surface area contributed by atoms with Gasteiger partial charge in [0.05, 0.1) is 5.56 Å². The summed E-state index contributed by atoms with van der Waals surface area (Å²) in [4.78, 5) is 25.5. The van der Waals surface area contributed by atoms with E-state index < -0.39 is 29.1 Å². The van der Waals surface area contributed by atoms with Crippen LogP contribution in [0.15, 0.2) is 78.9 Å². The molecule has 172 valence electrons. The van der Waals surface area contributed by atoms with Crippen LogP contribution < -0.4 is 5.32 Å². The fourth-order valence-electron chi connectivity index (χ4n) is 3.64. The van der Waals surface area contributed by atoms with E-state index in [1.807, 2.05) is 51.1 Å². The van der Waals surface area contributed by atoms with Gasteiger partial charge in [-0.25, -0.2) is 13.6 Å². The number of ether oxygens (including phenoxy) is 1. The predicted molar refractivity (Wildman–Crippen MR) is 123 cm³/mol. The Morgan fingerprint density at radius 3 is 1.85 bits per heavy atom. The van der Waals surface area contributed by atoms with Crippen LogP contribution in [-0.4, -0.2) is 24.5 Å². The van der Waals surface area contributed by atoms with Crippen LogP contribution in [0.25, 0.3) is 0 Å². The van der Waals surface area contributed by atoms with Crippen LogP contribution in [0.1, 0.15) is 53.0 Å². The van der Waals surface area contributed by atoms with Gasteiger partial charge in [-0.05, 0) is 59.5 Å². The molecule has 0 radical (unpaired) electrons. The maximum Gasteiger partial charge on any atom is 0.338 e. The van der Waals surface area contributed by atoms with Crippen molar-refractivity contribution in [1.82, 2.24) is 5.32 Å². The van der Waals surface area contributed by atoms with Crippen LogP contribution >= 0.6 is 0 Å². The van der Waals surface area contributed by atoms with E-state index in [0.717, 1.165) is 5.56 Å². The Hall–Kier alpha value is -3.54. The molecule has 0 aliphatic heterocycles. The van der Waals surface area contributed by atoms with Crippen molar-refractivity contribution < 1.29 is 23.1 Å². The Morgan fingerprint density at radius 1 is 0.818 bits per heavy atom. The maximum absolute atomic E-state index is 13.3. The molecule has 6 heteroatoms. The molecule has 1 amide bonds. The quantitative estimate of drug-likeness (QED) is 0.466. The summed E-state index contributed by atoms with van der Waals surface area (Å²) in [6.45, 7) is 6.05. The second kappa shape index (κ2) is 10.4. The van der Waals surface area contributed by atoms with Gasteiger partial charge in [-0.1, -0.05) is 51.1 Å². The van der Waals surface area contributed by atoms with Crippen molar-refractivity contribution in [1.29, 1.82) is 0 Å². The fourth-order valence-corrected chi connectivity index (χ4v) is 3.64. The van der Waals surface area contributed by atoms with E-state index in [0.29, 0.717) is 5.56 Å². The molecule has 4 nitrogen and oxygen atoms in total. The van der Waals surface area contributed by atoms with Gasteiger partial charge in [-0.15, -0.1) is 0 Å². The van der Waals surface area contributed by atoms with Gasteiger partial charge in [0.25, 0.3) is 5.91 Å². The van der Waals surface area contributed by atoms with Gasteiger partial charge in [-0.2, -0.15) is 0 Å². The molecule has 0 saturated carbocycles. The average Bonchev–Trinajstić information content (AvgIpc) is 2.79. The number of benzene rings is 3. The molecule has 3 aromatic rings. The Labute approximate surface area is 192 Å². The minimum atomic E-state index is -0.606. The fraction of sp³-hybridized carbons (Fsp3) is 0.259. The molecule has 0 aliphatic rings. The van der Waals surface area contributed by atoms with Crippen LogP contribution in [-0.2, 0) is 4.74 Å². The lowest BCUT2D eigenvalue weighted by atomic mass is 9.78. The number of amides is 1. The van der Waals surface area contributed by atoms with Crippen molar-refractivity contribution in [3.63, 3.8) is 0 Å². The molecule has 0 spiro atoms. The smallest absolute Gasteiger partial charge is 0.338 e. The molecule has 0 aliphatic carbocycles. The van der Waals surface area contributed by atoms with Crippen molar-refractivity contribution in [3.05, 3.63) is 107 Å². The van der Waals surface area contributed by atoms with Gasteiger partial charge in [-0.3, -0.25) is 4.79 Å². The maximum atomic E-state index is 13.3. The molecular weight excluding hydrogens is 424 g/mol. The summed E-state index contributed by atoms with van der Waals surface area (Å²) < 4.78 is 32.4. The van der Waals surface area contributed by atoms with Crippen molar-refractivity contribution in [2.45, 2.75) is 32.8 Å². The van der Waals surface area contributed by atoms with Crippen molar-refractivity contribution >= 4 is 11.9 Å². The summed E-state index contributed by atoms with van der Waals surface area (Å²) in [5.74, 6) is -2.15. The van der Waals surface area contributed by atoms with Gasteiger partial charge >= 0.3 is 5.97 Å². The molecule has 3 aromatic carbocycles. The highest BCUT2D eigenvalue weighted by Crippen LogP contribution is 2.35. The van der Waals surface area contributed by atoms with Crippen molar-refractivity contribution in [2.75, 3.05) is 6.54 Å². The lowest BCUT2D eigenvalue weighted by molar-refractivity contribution is -0.0141. The molecular formula is C27H27F2NO3. The molecule has 1 N–H and O–H groups in total. The number of carbonyl (C=O) groups excluding carboxylic acids is 2. The van der Waals surface area contributed by atoms with Crippen LogP contribution in [0.5, 0.6) is 0 Å².